The number of carbonyl (C=O) groups is 2. The van der Waals surface area contributed by atoms with Crippen molar-refractivity contribution in [3.05, 3.63) is 37.4 Å². The van der Waals surface area contributed by atoms with E-state index in [9.17, 15) is 0 Å². The number of aromatic amines is 2. The van der Waals surface area contributed by atoms with Crippen LogP contribution in [0.5, 0.6) is 0 Å². The molecule has 2 rings (SSSR count). The zero-order chi connectivity index (χ0) is 14.2. The van der Waals surface area contributed by atoms with Crippen LogP contribution in [-0.2, 0) is 0 Å². The Morgan fingerprint density at radius 3 is 1.11 bits per heavy atom. The van der Waals surface area contributed by atoms with Gasteiger partial charge in [0.1, 0.15) is 0 Å². The second-order valence-electron chi connectivity index (χ2n) is 2.09. The van der Waals surface area contributed by atoms with E-state index in [4.69, 9.17) is 30.0 Å². The van der Waals surface area contributed by atoms with Gasteiger partial charge in [-0.3, -0.25) is 0 Å². The van der Waals surface area contributed by atoms with Crippen LogP contribution < -0.4 is 0 Å². The fourth-order valence-corrected chi connectivity index (χ4v) is 0.430. The molecule has 6 N–H and O–H groups in total. The third kappa shape index (κ3) is 38.3. The highest BCUT2D eigenvalue weighted by Crippen LogP contribution is 1.63. The molecule has 0 aromatic carbocycles. The van der Waals surface area contributed by atoms with Gasteiger partial charge in [0.25, 0.3) is 0 Å². The highest BCUT2D eigenvalue weighted by Gasteiger charge is 1.70. The molecule has 0 aliphatic carbocycles. The van der Waals surface area contributed by atoms with Crippen molar-refractivity contribution < 1.29 is 30.0 Å². The summed E-state index contributed by atoms with van der Waals surface area (Å²) in [5.41, 5.74) is 0. The lowest BCUT2D eigenvalue weighted by Crippen LogP contribution is -1.81. The van der Waals surface area contributed by atoms with Crippen molar-refractivity contribution in [2.24, 2.45) is 0 Å². The summed E-state index contributed by atoms with van der Waals surface area (Å²) in [4.78, 5) is 29.9. The van der Waals surface area contributed by atoms with Crippen molar-refractivity contribution in [1.82, 2.24) is 19.9 Å². The van der Waals surface area contributed by atoms with E-state index >= 15 is 0 Å². The summed E-state index contributed by atoms with van der Waals surface area (Å²) in [6.45, 7) is 0. The van der Waals surface area contributed by atoms with Crippen molar-refractivity contribution in [3.8, 4) is 0 Å². The number of H-pyrrole nitrogens is 2. The van der Waals surface area contributed by atoms with E-state index in [1.165, 1.54) is 0 Å². The number of hydrogen-bond acceptors (Lipinski definition) is 4. The molecular weight excluding hydrogens is 248 g/mol. The number of imidazole rings is 2. The quantitative estimate of drug-likeness (QED) is 0.410. The number of rotatable bonds is 0. The topological polar surface area (TPSA) is 172 Å². The Bertz CT molecular complexity index is 294. The average Bonchev–Trinajstić information content (AvgIpc) is 2.96. The van der Waals surface area contributed by atoms with Crippen LogP contribution in [0, 0.1) is 0 Å². The smallest absolute Gasteiger partial charge is 0.450 e. The number of hydrogen-bond donors (Lipinski definition) is 6. The first-order valence-corrected chi connectivity index (χ1v) is 4.16. The van der Waals surface area contributed by atoms with E-state index in [0.29, 0.717) is 0 Å². The summed E-state index contributed by atoms with van der Waals surface area (Å²) < 4.78 is 0. The van der Waals surface area contributed by atoms with E-state index in [2.05, 4.69) is 19.9 Å². The predicted octanol–water partition coefficient (Wildman–Crippen LogP) is 1.26. The van der Waals surface area contributed by atoms with Gasteiger partial charge in [-0.2, -0.15) is 0 Å². The molecule has 0 unspecified atom stereocenters. The minimum Gasteiger partial charge on any atom is -0.450 e. The molecule has 18 heavy (non-hydrogen) atoms. The van der Waals surface area contributed by atoms with Crippen LogP contribution in [0.2, 0.25) is 0 Å². The molecule has 10 heteroatoms. The van der Waals surface area contributed by atoms with Gasteiger partial charge in [-0.1, -0.05) is 0 Å². The van der Waals surface area contributed by atoms with Crippen molar-refractivity contribution in [1.29, 1.82) is 0 Å². The maximum Gasteiger partial charge on any atom is 0.503 e. The van der Waals surface area contributed by atoms with Crippen molar-refractivity contribution in [3.63, 3.8) is 0 Å². The molecule has 0 aliphatic heterocycles. The van der Waals surface area contributed by atoms with Crippen LogP contribution in [0.4, 0.5) is 9.59 Å². The standard InChI is InChI=1S/2C3H4N2.2CH2O3/c2*1-2-5-3-4-1;2*2-1(3)4/h2*1-3H,(H,4,5);2*(H2,2,3,4). The van der Waals surface area contributed by atoms with Crippen LogP contribution in [-0.4, -0.2) is 52.7 Å². The van der Waals surface area contributed by atoms with Crippen molar-refractivity contribution >= 4 is 12.3 Å². The van der Waals surface area contributed by atoms with E-state index in [1.807, 2.05) is 0 Å². The Morgan fingerprint density at radius 2 is 1.06 bits per heavy atom. The first kappa shape index (κ1) is 17.4. The second kappa shape index (κ2) is 14.0. The molecule has 2 aromatic rings. The molecule has 0 radical (unpaired) electrons. The lowest BCUT2D eigenvalue weighted by molar-refractivity contribution is 0.135. The Kier molecular flexibility index (Phi) is 13.5. The number of carboxylic acid groups (broad SMARTS) is 4. The molecule has 0 fully saturated rings. The van der Waals surface area contributed by atoms with Crippen LogP contribution in [0.1, 0.15) is 0 Å². The molecular formula is C8H12N4O6. The first-order chi connectivity index (χ1) is 8.46. The molecule has 0 bridgehead atoms. The number of aromatic nitrogens is 4. The molecule has 10 nitrogen and oxygen atoms in total. The molecule has 0 amide bonds. The third-order valence-corrected chi connectivity index (χ3v) is 0.812. The predicted molar refractivity (Wildman–Crippen MR) is 58.5 cm³/mol. The number of nitrogens with zero attached hydrogens (tertiary/aromatic N) is 2. The maximum atomic E-state index is 8.56. The second-order valence-corrected chi connectivity index (χ2v) is 2.09. The fraction of sp³-hybridized carbons (Fsp3) is 0. The summed E-state index contributed by atoms with van der Waals surface area (Å²) >= 11 is 0. The van der Waals surface area contributed by atoms with Crippen LogP contribution in [0.3, 0.4) is 0 Å². The first-order valence-electron chi connectivity index (χ1n) is 4.16. The minimum atomic E-state index is -1.83. The van der Waals surface area contributed by atoms with Gasteiger partial charge in [-0.05, 0) is 0 Å². The average molecular weight is 260 g/mol. The zero-order valence-electron chi connectivity index (χ0n) is 8.96. The van der Waals surface area contributed by atoms with E-state index in [0.717, 1.165) is 0 Å². The summed E-state index contributed by atoms with van der Waals surface area (Å²) in [6.07, 6.45) is 6.50. The summed E-state index contributed by atoms with van der Waals surface area (Å²) in [5, 5.41) is 27.9. The molecule has 0 saturated heterocycles. The third-order valence-electron chi connectivity index (χ3n) is 0.812. The number of nitrogens with one attached hydrogen (secondary N) is 2. The normalized spacial score (nSPS) is 7.11. The van der Waals surface area contributed by atoms with Crippen LogP contribution >= 0.6 is 0 Å². The summed E-state index contributed by atoms with van der Waals surface area (Å²) in [7, 11) is 0. The Balaban J connectivity index is 0. The molecule has 2 aromatic heterocycles. The molecule has 100 valence electrons. The largest absolute Gasteiger partial charge is 0.503 e. The molecule has 0 aliphatic rings. The monoisotopic (exact) mass is 260 g/mol. The maximum absolute atomic E-state index is 8.56. The lowest BCUT2D eigenvalue weighted by atomic mass is 11.0. The summed E-state index contributed by atoms with van der Waals surface area (Å²) in [5.74, 6) is 0. The van der Waals surface area contributed by atoms with Gasteiger partial charge in [0.05, 0.1) is 12.7 Å². The van der Waals surface area contributed by atoms with Gasteiger partial charge in [0.15, 0.2) is 0 Å². The van der Waals surface area contributed by atoms with Crippen molar-refractivity contribution in [2.75, 3.05) is 0 Å². The highest BCUT2D eigenvalue weighted by molar-refractivity contribution is 5.53. The Morgan fingerprint density at radius 1 is 0.778 bits per heavy atom. The van der Waals surface area contributed by atoms with Gasteiger partial charge in [-0.25, -0.2) is 19.6 Å². The SMILES string of the molecule is O=C(O)O.O=C(O)O.c1c[nH]cn1.c1c[nH]cn1. The lowest BCUT2D eigenvalue weighted by Gasteiger charge is -1.60. The zero-order valence-corrected chi connectivity index (χ0v) is 8.96. The Labute approximate surface area is 101 Å². The summed E-state index contributed by atoms with van der Waals surface area (Å²) in [6, 6.07) is 0. The molecule has 0 atom stereocenters. The van der Waals surface area contributed by atoms with E-state index < -0.39 is 12.3 Å². The van der Waals surface area contributed by atoms with Gasteiger partial charge in [0.2, 0.25) is 0 Å². The van der Waals surface area contributed by atoms with Gasteiger partial charge < -0.3 is 30.4 Å². The molecule has 0 saturated carbocycles. The van der Waals surface area contributed by atoms with Gasteiger partial charge >= 0.3 is 12.3 Å². The van der Waals surface area contributed by atoms with Gasteiger partial charge in [0, 0.05) is 24.8 Å². The minimum absolute atomic E-state index is 1.62. The van der Waals surface area contributed by atoms with E-state index in [1.54, 1.807) is 37.4 Å². The highest BCUT2D eigenvalue weighted by atomic mass is 16.6. The van der Waals surface area contributed by atoms with Crippen LogP contribution in [0.15, 0.2) is 37.4 Å². The molecule has 2 heterocycles. The molecule has 0 spiro atoms. The van der Waals surface area contributed by atoms with Crippen LogP contribution in [0.25, 0.3) is 0 Å². The van der Waals surface area contributed by atoms with Gasteiger partial charge in [-0.15, -0.1) is 0 Å². The fourth-order valence-electron chi connectivity index (χ4n) is 0.430. The van der Waals surface area contributed by atoms with E-state index in [-0.39, 0.29) is 0 Å². The van der Waals surface area contributed by atoms with Crippen molar-refractivity contribution in [2.45, 2.75) is 0 Å². The Hall–Kier alpha value is -3.04.